The molecule has 0 fully saturated rings. The molecule has 0 bridgehead atoms. The maximum absolute atomic E-state index is 11.6. The number of methoxy groups -OCH3 is 1. The van der Waals surface area contributed by atoms with E-state index in [4.69, 9.17) is 9.26 Å². The van der Waals surface area contributed by atoms with Crippen molar-refractivity contribution in [2.45, 2.75) is 32.3 Å². The average Bonchev–Trinajstić information content (AvgIpc) is 2.89. The second-order valence-corrected chi connectivity index (χ2v) is 4.54. The van der Waals surface area contributed by atoms with Gasteiger partial charge in [0.05, 0.1) is 6.42 Å². The quantitative estimate of drug-likeness (QED) is 0.776. The van der Waals surface area contributed by atoms with Crippen molar-refractivity contribution in [2.75, 3.05) is 7.11 Å². The summed E-state index contributed by atoms with van der Waals surface area (Å²) in [5, 5.41) is 3.91. The molecule has 0 aliphatic rings. The second kappa shape index (κ2) is 6.96. The Kier molecular flexibility index (Phi) is 5.01. The lowest BCUT2D eigenvalue weighted by Gasteiger charge is -2.10. The van der Waals surface area contributed by atoms with Crippen LogP contribution in [0.25, 0.3) is 0 Å². The van der Waals surface area contributed by atoms with E-state index in [1.807, 2.05) is 37.3 Å². The number of ether oxygens (including phenoxy) is 1. The molecule has 0 spiro atoms. The first-order valence-corrected chi connectivity index (χ1v) is 6.66. The largest absolute Gasteiger partial charge is 0.369 e. The van der Waals surface area contributed by atoms with Crippen LogP contribution in [0.3, 0.4) is 0 Å². The Hall–Kier alpha value is -2.01. The summed E-state index contributed by atoms with van der Waals surface area (Å²) in [5.74, 6) is 0.894. The van der Waals surface area contributed by atoms with Gasteiger partial charge in [0.1, 0.15) is 11.9 Å². The van der Waals surface area contributed by atoms with Crippen molar-refractivity contribution in [1.82, 2.24) is 10.1 Å². The second-order valence-electron chi connectivity index (χ2n) is 4.54. The van der Waals surface area contributed by atoms with E-state index in [-0.39, 0.29) is 18.3 Å². The highest BCUT2D eigenvalue weighted by atomic mass is 16.5. The number of carbonyl (C=O) groups excluding carboxylic acids is 1. The molecule has 20 heavy (non-hydrogen) atoms. The van der Waals surface area contributed by atoms with Crippen molar-refractivity contribution in [3.05, 3.63) is 47.6 Å². The maximum Gasteiger partial charge on any atom is 0.234 e. The van der Waals surface area contributed by atoms with E-state index < -0.39 is 0 Å². The van der Waals surface area contributed by atoms with Gasteiger partial charge in [0.15, 0.2) is 0 Å². The lowest BCUT2D eigenvalue weighted by atomic mass is 10.1. The molecule has 1 aromatic heterocycles. The lowest BCUT2D eigenvalue weighted by molar-refractivity contribution is -0.118. The van der Waals surface area contributed by atoms with Crippen LogP contribution in [0.5, 0.6) is 0 Å². The summed E-state index contributed by atoms with van der Waals surface area (Å²) >= 11 is 0. The van der Waals surface area contributed by atoms with Crippen LogP contribution < -0.4 is 0 Å². The monoisotopic (exact) mass is 274 g/mol. The molecule has 106 valence electrons. The van der Waals surface area contributed by atoms with Crippen LogP contribution >= 0.6 is 0 Å². The fraction of sp³-hybridized carbons (Fsp3) is 0.400. The molecule has 1 unspecified atom stereocenters. The summed E-state index contributed by atoms with van der Waals surface area (Å²) in [7, 11) is 1.59. The highest BCUT2D eigenvalue weighted by Crippen LogP contribution is 2.22. The molecule has 2 rings (SSSR count). The summed E-state index contributed by atoms with van der Waals surface area (Å²) < 4.78 is 10.5. The fourth-order valence-electron chi connectivity index (χ4n) is 2.00. The van der Waals surface area contributed by atoms with E-state index in [2.05, 4.69) is 10.1 Å². The van der Waals surface area contributed by atoms with E-state index in [0.29, 0.717) is 18.1 Å². The molecule has 1 atom stereocenters. The number of Topliss-reactive ketones (excluding diaryl/α,β-unsaturated/α-hetero) is 1. The molecule has 1 aromatic carbocycles. The molecule has 5 nitrogen and oxygen atoms in total. The molecule has 0 N–H and O–H groups in total. The van der Waals surface area contributed by atoms with Gasteiger partial charge in [-0.1, -0.05) is 42.4 Å². The van der Waals surface area contributed by atoms with Crippen molar-refractivity contribution >= 4 is 5.78 Å². The average molecular weight is 274 g/mol. The van der Waals surface area contributed by atoms with Crippen molar-refractivity contribution in [3.63, 3.8) is 0 Å². The first-order chi connectivity index (χ1) is 9.74. The molecule has 1 heterocycles. The number of nitrogens with zero attached hydrogens (tertiary/aromatic N) is 2. The molecule has 0 saturated heterocycles. The first kappa shape index (κ1) is 14.4. The van der Waals surface area contributed by atoms with Gasteiger partial charge in [-0.3, -0.25) is 4.79 Å². The lowest BCUT2D eigenvalue weighted by Crippen LogP contribution is -2.06. The van der Waals surface area contributed by atoms with E-state index in [1.54, 1.807) is 7.11 Å². The van der Waals surface area contributed by atoms with Gasteiger partial charge < -0.3 is 9.26 Å². The maximum atomic E-state index is 11.6. The minimum atomic E-state index is -0.380. The van der Waals surface area contributed by atoms with Crippen LogP contribution in [-0.4, -0.2) is 23.0 Å². The van der Waals surface area contributed by atoms with Gasteiger partial charge >= 0.3 is 0 Å². The predicted molar refractivity (Wildman–Crippen MR) is 73.2 cm³/mol. The van der Waals surface area contributed by atoms with Crippen LogP contribution in [0.15, 0.2) is 34.9 Å². The molecule has 0 radical (unpaired) electrons. The number of carbonyl (C=O) groups is 1. The zero-order valence-corrected chi connectivity index (χ0v) is 11.7. The number of hydrogen-bond donors (Lipinski definition) is 0. The molecule has 0 saturated carbocycles. The molecule has 0 amide bonds. The van der Waals surface area contributed by atoms with Crippen molar-refractivity contribution in [1.29, 1.82) is 0 Å². The van der Waals surface area contributed by atoms with E-state index >= 15 is 0 Å². The zero-order chi connectivity index (χ0) is 14.4. The Morgan fingerprint density at radius 1 is 1.35 bits per heavy atom. The fourth-order valence-corrected chi connectivity index (χ4v) is 2.00. The van der Waals surface area contributed by atoms with Crippen molar-refractivity contribution < 1.29 is 14.1 Å². The van der Waals surface area contributed by atoms with Crippen LogP contribution in [-0.2, 0) is 16.0 Å². The third-order valence-corrected chi connectivity index (χ3v) is 2.93. The van der Waals surface area contributed by atoms with Gasteiger partial charge in [0.25, 0.3) is 0 Å². The molecule has 0 aliphatic carbocycles. The Balaban J connectivity index is 2.12. The summed E-state index contributed by atoms with van der Waals surface area (Å²) in [4.78, 5) is 15.8. The van der Waals surface area contributed by atoms with Crippen LogP contribution in [0.1, 0.15) is 43.1 Å². The normalized spacial score (nSPS) is 12.3. The van der Waals surface area contributed by atoms with Crippen molar-refractivity contribution in [2.24, 2.45) is 0 Å². The summed E-state index contributed by atoms with van der Waals surface area (Å²) in [6.45, 7) is 1.97. The van der Waals surface area contributed by atoms with Gasteiger partial charge in [-0.05, 0) is 12.0 Å². The highest BCUT2D eigenvalue weighted by molar-refractivity contribution is 5.79. The minimum absolute atomic E-state index is 0.108. The molecule has 5 heteroatoms. The number of ketones is 1. The summed E-state index contributed by atoms with van der Waals surface area (Å²) in [6.07, 6.45) is 1.16. The zero-order valence-electron chi connectivity index (χ0n) is 11.7. The van der Waals surface area contributed by atoms with E-state index in [1.165, 1.54) is 0 Å². The Morgan fingerprint density at radius 2 is 2.10 bits per heavy atom. The van der Waals surface area contributed by atoms with Gasteiger partial charge in [0, 0.05) is 13.5 Å². The number of hydrogen-bond acceptors (Lipinski definition) is 5. The van der Waals surface area contributed by atoms with Crippen molar-refractivity contribution in [3.8, 4) is 0 Å². The first-order valence-electron chi connectivity index (χ1n) is 6.66. The van der Waals surface area contributed by atoms with Crippen LogP contribution in [0.4, 0.5) is 0 Å². The van der Waals surface area contributed by atoms with E-state index in [0.717, 1.165) is 12.0 Å². The van der Waals surface area contributed by atoms with Gasteiger partial charge in [-0.15, -0.1) is 0 Å². The summed E-state index contributed by atoms with van der Waals surface area (Å²) in [6, 6.07) is 9.65. The highest BCUT2D eigenvalue weighted by Gasteiger charge is 2.20. The van der Waals surface area contributed by atoms with Gasteiger partial charge in [-0.2, -0.15) is 4.98 Å². The number of aromatic nitrogens is 2. The standard InChI is InChI=1S/C15H18N2O3/c1-3-7-12(18)10-13-16-15(17-20-13)14(19-2)11-8-5-4-6-9-11/h4-6,8-9,14H,3,7,10H2,1-2H3. The molecular weight excluding hydrogens is 256 g/mol. The van der Waals surface area contributed by atoms with Crippen LogP contribution in [0, 0.1) is 0 Å². The SMILES string of the molecule is CCCC(=O)Cc1nc(C(OC)c2ccccc2)no1. The van der Waals surface area contributed by atoms with Gasteiger partial charge in [0.2, 0.25) is 11.7 Å². The Labute approximate surface area is 118 Å². The third kappa shape index (κ3) is 3.51. The third-order valence-electron chi connectivity index (χ3n) is 2.93. The van der Waals surface area contributed by atoms with Gasteiger partial charge in [-0.25, -0.2) is 0 Å². The van der Waals surface area contributed by atoms with Crippen LogP contribution in [0.2, 0.25) is 0 Å². The molecular formula is C15H18N2O3. The van der Waals surface area contributed by atoms with E-state index in [9.17, 15) is 4.79 Å². The molecule has 2 aromatic rings. The summed E-state index contributed by atoms with van der Waals surface area (Å²) in [5.41, 5.74) is 0.947. The predicted octanol–water partition coefficient (Wildman–Crippen LogP) is 2.72. The smallest absolute Gasteiger partial charge is 0.234 e. The minimum Gasteiger partial charge on any atom is -0.369 e. The Morgan fingerprint density at radius 3 is 2.75 bits per heavy atom. The number of benzene rings is 1. The topological polar surface area (TPSA) is 65.2 Å². The Bertz CT molecular complexity index is 551. The molecule has 0 aliphatic heterocycles. The number of rotatable bonds is 7.